The Bertz CT molecular complexity index is 637. The largest absolute Gasteiger partial charge is 0.744 e. The Morgan fingerprint density at radius 2 is 1.10 bits per heavy atom. The molecular weight excluding hydrogens is 406 g/mol. The van der Waals surface area contributed by atoms with Gasteiger partial charge in [-0.15, -0.1) is 0 Å². The van der Waals surface area contributed by atoms with Crippen LogP contribution in [0.25, 0.3) is 0 Å². The first kappa shape index (κ1) is 30.1. The van der Waals surface area contributed by atoms with Crippen molar-refractivity contribution in [3.63, 3.8) is 0 Å². The van der Waals surface area contributed by atoms with Gasteiger partial charge in [0.1, 0.15) is 10.1 Å². The van der Waals surface area contributed by atoms with Crippen LogP contribution in [-0.2, 0) is 16.5 Å². The fourth-order valence-electron chi connectivity index (χ4n) is 4.10. The number of rotatable bonds is 16. The summed E-state index contributed by atoms with van der Waals surface area (Å²) in [6.45, 7) is 16.5. The summed E-state index contributed by atoms with van der Waals surface area (Å²) in [5.41, 5.74) is 0.664. The first-order valence-electron chi connectivity index (χ1n) is 12.7. The second kappa shape index (κ2) is 17.6. The number of aryl methyl sites for hydroxylation is 1. The van der Waals surface area contributed by atoms with Crippen molar-refractivity contribution < 1.29 is 17.5 Å². The van der Waals surface area contributed by atoms with E-state index < -0.39 is 10.1 Å². The Morgan fingerprint density at radius 1 is 0.677 bits per heavy atom. The zero-order chi connectivity index (χ0) is 23.6. The predicted octanol–water partition coefficient (Wildman–Crippen LogP) is 6.94. The minimum absolute atomic E-state index is 0.0501. The van der Waals surface area contributed by atoms with Crippen LogP contribution in [-0.4, -0.2) is 43.6 Å². The van der Waals surface area contributed by atoms with Gasteiger partial charge in [-0.05, 0) is 52.2 Å². The standard InChI is InChI=1S/C18H30O3S.C8H20N/c1-2-3-4-5-6-7-8-9-10-11-14-17-15-12-13-16-18(17)22(19,20)21;1-5-9(6-2,7-3)8-4/h12-13,15-16H,2-11,14H2,1H3,(H,19,20,21);5-8H2,1-4H3/q;+1/p-1. The highest BCUT2D eigenvalue weighted by Crippen LogP contribution is 2.18. The highest BCUT2D eigenvalue weighted by Gasteiger charge is 2.16. The second-order valence-corrected chi connectivity index (χ2v) is 9.95. The van der Waals surface area contributed by atoms with Crippen molar-refractivity contribution in [1.82, 2.24) is 0 Å². The topological polar surface area (TPSA) is 57.2 Å². The molecule has 0 saturated carbocycles. The quantitative estimate of drug-likeness (QED) is 0.154. The lowest BCUT2D eigenvalue weighted by Crippen LogP contribution is -2.47. The molecule has 0 aliphatic rings. The maximum atomic E-state index is 11.2. The van der Waals surface area contributed by atoms with Crippen molar-refractivity contribution in [2.45, 2.75) is 110 Å². The summed E-state index contributed by atoms with van der Waals surface area (Å²) < 4.78 is 34.8. The zero-order valence-corrected chi connectivity index (χ0v) is 21.8. The van der Waals surface area contributed by atoms with Crippen molar-refractivity contribution in [2.24, 2.45) is 0 Å². The lowest BCUT2D eigenvalue weighted by Gasteiger charge is -2.34. The number of hydrogen-bond acceptors (Lipinski definition) is 3. The smallest absolute Gasteiger partial charge is 0.124 e. The monoisotopic (exact) mass is 455 g/mol. The molecular formula is C26H49NO3S. The Balaban J connectivity index is 0.000000842. The molecule has 0 N–H and O–H groups in total. The minimum Gasteiger partial charge on any atom is -0.744 e. The molecule has 182 valence electrons. The van der Waals surface area contributed by atoms with E-state index in [9.17, 15) is 13.0 Å². The van der Waals surface area contributed by atoms with Crippen molar-refractivity contribution in [3.05, 3.63) is 29.8 Å². The molecule has 0 aliphatic carbocycles. The summed E-state index contributed by atoms with van der Waals surface area (Å²) in [6.07, 6.45) is 13.2. The number of hydrogen-bond donors (Lipinski definition) is 0. The first-order chi connectivity index (χ1) is 14.8. The van der Waals surface area contributed by atoms with E-state index in [4.69, 9.17) is 0 Å². The summed E-state index contributed by atoms with van der Waals surface area (Å²) in [7, 11) is -4.35. The number of benzene rings is 1. The molecule has 0 aromatic heterocycles. The average molecular weight is 456 g/mol. The van der Waals surface area contributed by atoms with Gasteiger partial charge >= 0.3 is 0 Å². The van der Waals surface area contributed by atoms with Gasteiger partial charge < -0.3 is 9.04 Å². The van der Waals surface area contributed by atoms with Crippen molar-refractivity contribution in [1.29, 1.82) is 0 Å². The van der Waals surface area contributed by atoms with Crippen molar-refractivity contribution in [2.75, 3.05) is 26.2 Å². The Hall–Kier alpha value is -0.910. The van der Waals surface area contributed by atoms with Crippen LogP contribution < -0.4 is 0 Å². The van der Waals surface area contributed by atoms with Crippen LogP contribution in [0.1, 0.15) is 104 Å². The molecule has 0 heterocycles. The van der Waals surface area contributed by atoms with Crippen LogP contribution in [0.4, 0.5) is 0 Å². The number of nitrogens with zero attached hydrogens (tertiary/aromatic N) is 1. The van der Waals surface area contributed by atoms with E-state index in [0.717, 1.165) is 12.8 Å². The molecule has 1 rings (SSSR count). The van der Waals surface area contributed by atoms with Gasteiger partial charge in [-0.25, -0.2) is 8.42 Å². The van der Waals surface area contributed by atoms with E-state index in [-0.39, 0.29) is 4.90 Å². The van der Waals surface area contributed by atoms with Crippen LogP contribution in [0.15, 0.2) is 29.2 Å². The van der Waals surface area contributed by atoms with Crippen LogP contribution in [0.2, 0.25) is 0 Å². The normalized spacial score (nSPS) is 11.8. The minimum atomic E-state index is -4.35. The van der Waals surface area contributed by atoms with Crippen LogP contribution >= 0.6 is 0 Å². The molecule has 0 saturated heterocycles. The van der Waals surface area contributed by atoms with Gasteiger partial charge in [0.25, 0.3) is 0 Å². The van der Waals surface area contributed by atoms with Gasteiger partial charge in [-0.2, -0.15) is 0 Å². The van der Waals surface area contributed by atoms with Gasteiger partial charge in [-0.3, -0.25) is 0 Å². The lowest BCUT2D eigenvalue weighted by atomic mass is 10.0. The lowest BCUT2D eigenvalue weighted by molar-refractivity contribution is -0.921. The Labute approximate surface area is 193 Å². The second-order valence-electron chi connectivity index (χ2n) is 8.60. The maximum Gasteiger partial charge on any atom is 0.124 e. The summed E-state index contributed by atoms with van der Waals surface area (Å²) in [6, 6.07) is 6.56. The van der Waals surface area contributed by atoms with Crippen molar-refractivity contribution in [3.8, 4) is 0 Å². The van der Waals surface area contributed by atoms with E-state index in [1.54, 1.807) is 18.2 Å². The third kappa shape index (κ3) is 13.3. The first-order valence-corrected chi connectivity index (χ1v) is 14.1. The molecule has 0 amide bonds. The van der Waals surface area contributed by atoms with Crippen molar-refractivity contribution >= 4 is 10.1 Å². The number of unbranched alkanes of at least 4 members (excludes halogenated alkanes) is 9. The summed E-state index contributed by atoms with van der Waals surface area (Å²) in [4.78, 5) is -0.0501. The molecule has 1 aromatic rings. The van der Waals surface area contributed by atoms with E-state index >= 15 is 0 Å². The summed E-state index contributed by atoms with van der Waals surface area (Å²) in [5, 5.41) is 0. The van der Waals surface area contributed by atoms with E-state index in [1.807, 2.05) is 0 Å². The molecule has 0 fully saturated rings. The molecule has 0 radical (unpaired) electrons. The molecule has 5 heteroatoms. The number of quaternary nitrogens is 1. The third-order valence-corrected chi connectivity index (χ3v) is 7.66. The highest BCUT2D eigenvalue weighted by molar-refractivity contribution is 7.85. The zero-order valence-electron chi connectivity index (χ0n) is 21.0. The molecule has 1 aromatic carbocycles. The van der Waals surface area contributed by atoms with Gasteiger partial charge in [0.05, 0.1) is 31.1 Å². The van der Waals surface area contributed by atoms with Gasteiger partial charge in [0.15, 0.2) is 0 Å². The van der Waals surface area contributed by atoms with E-state index in [1.165, 1.54) is 88.1 Å². The maximum absolute atomic E-state index is 11.2. The van der Waals surface area contributed by atoms with Crippen LogP contribution in [0.5, 0.6) is 0 Å². The van der Waals surface area contributed by atoms with Gasteiger partial charge in [0, 0.05) is 0 Å². The fraction of sp³-hybridized carbons (Fsp3) is 0.769. The molecule has 0 unspecified atom stereocenters. The molecule has 0 bridgehead atoms. The molecule has 4 nitrogen and oxygen atoms in total. The molecule has 0 spiro atoms. The Kier molecular flexibility index (Phi) is 17.1. The van der Waals surface area contributed by atoms with Gasteiger partial charge in [-0.1, -0.05) is 82.9 Å². The predicted molar refractivity (Wildman–Crippen MR) is 132 cm³/mol. The van der Waals surface area contributed by atoms with Gasteiger partial charge in [0.2, 0.25) is 0 Å². The molecule has 0 atom stereocenters. The third-order valence-electron chi connectivity index (χ3n) is 6.72. The van der Waals surface area contributed by atoms with E-state index in [0.29, 0.717) is 12.0 Å². The van der Waals surface area contributed by atoms with Crippen LogP contribution in [0, 0.1) is 0 Å². The SMILES string of the molecule is CCCCCCCCCCCCc1ccccc1S(=O)(=O)[O-].CC[N+](CC)(CC)CC. The Morgan fingerprint density at radius 3 is 1.48 bits per heavy atom. The highest BCUT2D eigenvalue weighted by atomic mass is 32.2. The molecule has 31 heavy (non-hydrogen) atoms. The van der Waals surface area contributed by atoms with Crippen LogP contribution in [0.3, 0.4) is 0 Å². The summed E-state index contributed by atoms with van der Waals surface area (Å²) in [5.74, 6) is 0. The molecule has 0 aliphatic heterocycles. The van der Waals surface area contributed by atoms with E-state index in [2.05, 4.69) is 34.6 Å². The summed E-state index contributed by atoms with van der Waals surface area (Å²) >= 11 is 0. The average Bonchev–Trinajstić information content (AvgIpc) is 2.77. The fourth-order valence-corrected chi connectivity index (χ4v) is 4.84.